The van der Waals surface area contributed by atoms with Gasteiger partial charge >= 0.3 is 0 Å². The third-order valence-corrected chi connectivity index (χ3v) is 5.84. The van der Waals surface area contributed by atoms with Crippen LogP contribution in [0.2, 0.25) is 0 Å². The van der Waals surface area contributed by atoms with E-state index in [2.05, 4.69) is 10.9 Å². The van der Waals surface area contributed by atoms with E-state index in [9.17, 15) is 19.2 Å². The maximum atomic E-state index is 12.2. The van der Waals surface area contributed by atoms with Crippen LogP contribution in [-0.2, 0) is 19.2 Å². The monoisotopic (exact) mass is 584 g/mol. The Kier molecular flexibility index (Phi) is 13.4. The summed E-state index contributed by atoms with van der Waals surface area (Å²) in [6, 6.07) is 6.73. The van der Waals surface area contributed by atoms with Crippen molar-refractivity contribution in [3.05, 3.63) is 47.5 Å². The van der Waals surface area contributed by atoms with Gasteiger partial charge in [-0.15, -0.1) is 0 Å². The fraction of sp³-hybridized carbons (Fsp3) is 0.333. The molecule has 0 spiro atoms. The number of rotatable bonds is 16. The molecule has 0 heterocycles. The number of hydrazine groups is 1. The summed E-state index contributed by atoms with van der Waals surface area (Å²) in [5.74, 6) is 0.927. The van der Waals surface area contributed by atoms with Crippen LogP contribution in [0, 0.1) is 0 Å². The van der Waals surface area contributed by atoms with Crippen LogP contribution in [0.4, 0.5) is 0 Å². The highest BCUT2D eigenvalue weighted by Gasteiger charge is 2.14. The van der Waals surface area contributed by atoms with Crippen LogP contribution in [0.5, 0.6) is 34.5 Å². The molecule has 12 heteroatoms. The zero-order valence-corrected chi connectivity index (χ0v) is 24.5. The Morgan fingerprint density at radius 3 is 1.10 bits per heavy atom. The second-order valence-corrected chi connectivity index (χ2v) is 8.61. The molecule has 226 valence electrons. The number of methoxy groups -OCH3 is 6. The smallest absolute Gasteiger partial charge is 0.238 e. The number of amides is 2. The number of ketones is 2. The van der Waals surface area contributed by atoms with E-state index in [0.29, 0.717) is 45.6 Å². The average Bonchev–Trinajstić information content (AvgIpc) is 3.01. The van der Waals surface area contributed by atoms with Crippen molar-refractivity contribution in [1.29, 1.82) is 0 Å². The minimum absolute atomic E-state index is 0.0765. The summed E-state index contributed by atoms with van der Waals surface area (Å²) < 4.78 is 31.7. The van der Waals surface area contributed by atoms with Crippen molar-refractivity contribution in [2.75, 3.05) is 42.7 Å². The van der Waals surface area contributed by atoms with Gasteiger partial charge in [0.2, 0.25) is 23.3 Å². The predicted octanol–water partition coefficient (Wildman–Crippen LogP) is 3.31. The zero-order chi connectivity index (χ0) is 31.1. The molecule has 0 bridgehead atoms. The highest BCUT2D eigenvalue weighted by molar-refractivity contribution is 5.97. The molecular formula is C30H36N2O10. The lowest BCUT2D eigenvalue weighted by Crippen LogP contribution is -2.41. The number of ether oxygens (including phenoxy) is 6. The molecule has 2 N–H and O–H groups in total. The average molecular weight is 585 g/mol. The van der Waals surface area contributed by atoms with Crippen molar-refractivity contribution in [2.24, 2.45) is 0 Å². The molecule has 0 saturated carbocycles. The van der Waals surface area contributed by atoms with Gasteiger partial charge in [0.15, 0.2) is 34.6 Å². The molecule has 2 aromatic carbocycles. The van der Waals surface area contributed by atoms with Crippen molar-refractivity contribution < 1.29 is 47.6 Å². The summed E-state index contributed by atoms with van der Waals surface area (Å²) in [5, 5.41) is 0. The standard InChI is InChI=1S/C30H36N2O10/c1-37-23-15-19(16-24(38-2)29(23)41-5)7-9-21(33)11-13-27(35)31-32-28(36)14-12-22(34)10-8-20-17-25(39-3)30(42-6)26(18-20)40-4/h7-10,15-18H,11-14H2,1-6H3,(H,31,35)(H,32,36)/b9-7+,10-8+. The fourth-order valence-electron chi connectivity index (χ4n) is 3.68. The molecule has 0 unspecified atom stereocenters. The molecule has 0 atom stereocenters. The van der Waals surface area contributed by atoms with E-state index >= 15 is 0 Å². The van der Waals surface area contributed by atoms with Crippen LogP contribution in [0.15, 0.2) is 36.4 Å². The second kappa shape index (κ2) is 17.0. The number of allylic oxidation sites excluding steroid dienone is 2. The Morgan fingerprint density at radius 2 is 0.833 bits per heavy atom. The number of hydrogen-bond acceptors (Lipinski definition) is 10. The van der Waals surface area contributed by atoms with E-state index in [1.54, 1.807) is 36.4 Å². The summed E-state index contributed by atoms with van der Waals surface area (Å²) in [6.07, 6.45) is 5.37. The first kappa shape index (κ1) is 33.2. The predicted molar refractivity (Wildman–Crippen MR) is 155 cm³/mol. The summed E-state index contributed by atoms with van der Waals surface area (Å²) >= 11 is 0. The number of carbonyl (C=O) groups is 4. The third-order valence-electron chi connectivity index (χ3n) is 5.84. The van der Waals surface area contributed by atoms with Gasteiger partial charge in [-0.25, -0.2) is 0 Å². The minimum Gasteiger partial charge on any atom is -0.493 e. The van der Waals surface area contributed by atoms with Crippen molar-refractivity contribution in [3.63, 3.8) is 0 Å². The van der Waals surface area contributed by atoms with Crippen LogP contribution in [0.25, 0.3) is 12.2 Å². The van der Waals surface area contributed by atoms with Gasteiger partial charge in [-0.1, -0.05) is 12.2 Å². The molecule has 0 radical (unpaired) electrons. The lowest BCUT2D eigenvalue weighted by molar-refractivity contribution is -0.130. The molecule has 0 aromatic heterocycles. The quantitative estimate of drug-likeness (QED) is 0.222. The van der Waals surface area contributed by atoms with Gasteiger partial charge in [0.25, 0.3) is 0 Å². The Labute approximate surface area is 244 Å². The van der Waals surface area contributed by atoms with Crippen LogP contribution in [-0.4, -0.2) is 66.0 Å². The molecular weight excluding hydrogens is 548 g/mol. The molecule has 0 fully saturated rings. The summed E-state index contributed by atoms with van der Waals surface area (Å²) in [4.78, 5) is 48.6. The molecule has 42 heavy (non-hydrogen) atoms. The molecule has 0 aliphatic carbocycles. The van der Waals surface area contributed by atoms with E-state index in [-0.39, 0.29) is 37.2 Å². The first-order valence-corrected chi connectivity index (χ1v) is 12.8. The van der Waals surface area contributed by atoms with Crippen LogP contribution >= 0.6 is 0 Å². The van der Waals surface area contributed by atoms with Gasteiger partial charge in [0, 0.05) is 25.7 Å². The van der Waals surface area contributed by atoms with Crippen LogP contribution in [0.3, 0.4) is 0 Å². The maximum absolute atomic E-state index is 12.2. The van der Waals surface area contributed by atoms with Crippen molar-refractivity contribution >= 4 is 35.5 Å². The Morgan fingerprint density at radius 1 is 0.524 bits per heavy atom. The highest BCUT2D eigenvalue weighted by atomic mass is 16.5. The second-order valence-electron chi connectivity index (χ2n) is 8.61. The van der Waals surface area contributed by atoms with E-state index < -0.39 is 11.8 Å². The molecule has 0 saturated heterocycles. The molecule has 12 nitrogen and oxygen atoms in total. The molecule has 2 rings (SSSR count). The number of hydrogen-bond donors (Lipinski definition) is 2. The zero-order valence-electron chi connectivity index (χ0n) is 24.5. The number of nitrogens with one attached hydrogen (secondary N) is 2. The van der Waals surface area contributed by atoms with Gasteiger partial charge in [-0.2, -0.15) is 0 Å². The lowest BCUT2D eigenvalue weighted by atomic mass is 10.1. The van der Waals surface area contributed by atoms with Gasteiger partial charge in [0.05, 0.1) is 42.7 Å². The number of benzene rings is 2. The minimum atomic E-state index is -0.550. The van der Waals surface area contributed by atoms with Crippen molar-refractivity contribution in [2.45, 2.75) is 25.7 Å². The largest absolute Gasteiger partial charge is 0.493 e. The highest BCUT2D eigenvalue weighted by Crippen LogP contribution is 2.39. The first-order valence-electron chi connectivity index (χ1n) is 12.8. The Bertz CT molecular complexity index is 1180. The van der Waals surface area contributed by atoms with Crippen LogP contribution < -0.4 is 39.3 Å². The topological polar surface area (TPSA) is 148 Å². The fourth-order valence-corrected chi connectivity index (χ4v) is 3.68. The van der Waals surface area contributed by atoms with E-state index in [0.717, 1.165) is 0 Å². The molecule has 2 amide bonds. The van der Waals surface area contributed by atoms with Gasteiger partial charge in [0.1, 0.15) is 0 Å². The Balaban J connectivity index is 1.78. The van der Waals surface area contributed by atoms with Crippen molar-refractivity contribution in [3.8, 4) is 34.5 Å². The van der Waals surface area contributed by atoms with Crippen molar-refractivity contribution in [1.82, 2.24) is 10.9 Å². The Hall–Kier alpha value is -5.00. The van der Waals surface area contributed by atoms with Crippen LogP contribution in [0.1, 0.15) is 36.8 Å². The van der Waals surface area contributed by atoms with Gasteiger partial charge < -0.3 is 28.4 Å². The maximum Gasteiger partial charge on any atom is 0.238 e. The third kappa shape index (κ3) is 9.88. The number of carbonyl (C=O) groups excluding carboxylic acids is 4. The van der Waals surface area contributed by atoms with E-state index in [1.807, 2.05) is 0 Å². The summed E-state index contributed by atoms with van der Waals surface area (Å²) in [6.45, 7) is 0. The lowest BCUT2D eigenvalue weighted by Gasteiger charge is -2.12. The summed E-state index contributed by atoms with van der Waals surface area (Å²) in [7, 11) is 8.93. The summed E-state index contributed by atoms with van der Waals surface area (Å²) in [5.41, 5.74) is 5.77. The molecule has 0 aliphatic rings. The van der Waals surface area contributed by atoms with Gasteiger partial charge in [-0.3, -0.25) is 30.0 Å². The van der Waals surface area contributed by atoms with E-state index in [1.165, 1.54) is 54.8 Å². The molecule has 0 aliphatic heterocycles. The van der Waals surface area contributed by atoms with Gasteiger partial charge in [-0.05, 0) is 47.5 Å². The van der Waals surface area contributed by atoms with E-state index in [4.69, 9.17) is 28.4 Å². The first-order chi connectivity index (χ1) is 20.2. The SMILES string of the molecule is COc1cc(/C=C/C(=O)CCC(=O)NNC(=O)CCC(=O)/C=C/c2cc(OC)c(OC)c(OC)c2)cc(OC)c1OC. The normalized spacial score (nSPS) is 10.7. The molecule has 2 aromatic rings.